The van der Waals surface area contributed by atoms with E-state index in [2.05, 4.69) is 19.9 Å². The van der Waals surface area contributed by atoms with Crippen molar-refractivity contribution in [1.82, 2.24) is 14.5 Å². The van der Waals surface area contributed by atoms with Crippen molar-refractivity contribution < 1.29 is 0 Å². The Morgan fingerprint density at radius 1 is 1.56 bits per heavy atom. The lowest BCUT2D eigenvalue weighted by Gasteiger charge is -2.09. The number of nitrogens with two attached hydrogens (primary N) is 1. The van der Waals surface area contributed by atoms with E-state index in [1.165, 1.54) is 0 Å². The standard InChI is InChI=1S/C11H16N4S/c1-8(12)11-5-13-7-15(11)4-3-10-6-16-9(2)14-10/h5-8H,3-4,12H2,1-2H3/t8-/m1/s1. The zero-order chi connectivity index (χ0) is 11.5. The highest BCUT2D eigenvalue weighted by atomic mass is 32.1. The van der Waals surface area contributed by atoms with Crippen LogP contribution in [0.4, 0.5) is 0 Å². The van der Waals surface area contributed by atoms with Crippen LogP contribution in [0.15, 0.2) is 17.9 Å². The molecule has 16 heavy (non-hydrogen) atoms. The molecule has 86 valence electrons. The minimum atomic E-state index is 0.0275. The Hall–Kier alpha value is -1.20. The third-order valence-electron chi connectivity index (χ3n) is 2.49. The van der Waals surface area contributed by atoms with E-state index in [9.17, 15) is 0 Å². The van der Waals surface area contributed by atoms with Crippen molar-refractivity contribution >= 4 is 11.3 Å². The van der Waals surface area contributed by atoms with E-state index in [0.717, 1.165) is 29.4 Å². The van der Waals surface area contributed by atoms with Crippen LogP contribution in [0.25, 0.3) is 0 Å². The van der Waals surface area contributed by atoms with Gasteiger partial charge >= 0.3 is 0 Å². The molecule has 0 aliphatic carbocycles. The average molecular weight is 236 g/mol. The van der Waals surface area contributed by atoms with E-state index in [1.54, 1.807) is 11.3 Å². The average Bonchev–Trinajstić information content (AvgIpc) is 2.83. The Balaban J connectivity index is 2.02. The molecule has 0 unspecified atom stereocenters. The van der Waals surface area contributed by atoms with Crippen molar-refractivity contribution in [3.05, 3.63) is 34.3 Å². The molecular formula is C11H16N4S. The van der Waals surface area contributed by atoms with Crippen LogP contribution in [0.3, 0.4) is 0 Å². The fourth-order valence-electron chi connectivity index (χ4n) is 1.66. The fourth-order valence-corrected chi connectivity index (χ4v) is 2.30. The Labute approximate surface area is 99.2 Å². The Morgan fingerprint density at radius 3 is 3.00 bits per heavy atom. The lowest BCUT2D eigenvalue weighted by atomic mass is 10.2. The molecular weight excluding hydrogens is 220 g/mol. The molecule has 4 nitrogen and oxygen atoms in total. The highest BCUT2D eigenvalue weighted by Crippen LogP contribution is 2.12. The number of thiazole rings is 1. The lowest BCUT2D eigenvalue weighted by Crippen LogP contribution is -2.12. The predicted molar refractivity (Wildman–Crippen MR) is 65.4 cm³/mol. The molecule has 2 aromatic heterocycles. The molecule has 0 saturated heterocycles. The zero-order valence-corrected chi connectivity index (χ0v) is 10.4. The third-order valence-corrected chi connectivity index (χ3v) is 3.31. The van der Waals surface area contributed by atoms with Gasteiger partial charge in [0.1, 0.15) is 0 Å². The summed E-state index contributed by atoms with van der Waals surface area (Å²) in [5.41, 5.74) is 8.08. The predicted octanol–water partition coefficient (Wildman–Crippen LogP) is 1.91. The fraction of sp³-hybridized carbons (Fsp3) is 0.455. The van der Waals surface area contributed by atoms with Crippen LogP contribution in [-0.4, -0.2) is 14.5 Å². The number of hydrogen-bond acceptors (Lipinski definition) is 4. The summed E-state index contributed by atoms with van der Waals surface area (Å²) in [6.45, 7) is 4.89. The summed E-state index contributed by atoms with van der Waals surface area (Å²) in [5, 5.41) is 3.23. The Kier molecular flexibility index (Phi) is 3.36. The summed E-state index contributed by atoms with van der Waals surface area (Å²) < 4.78 is 2.10. The number of rotatable bonds is 4. The largest absolute Gasteiger partial charge is 0.333 e. The molecule has 2 heterocycles. The first kappa shape index (κ1) is 11.3. The molecule has 0 aliphatic rings. The van der Waals surface area contributed by atoms with Crippen LogP contribution in [0, 0.1) is 6.92 Å². The van der Waals surface area contributed by atoms with E-state index in [-0.39, 0.29) is 6.04 Å². The van der Waals surface area contributed by atoms with Gasteiger partial charge in [0.05, 0.1) is 22.7 Å². The van der Waals surface area contributed by atoms with Crippen LogP contribution in [0.1, 0.15) is 29.4 Å². The summed E-state index contributed by atoms with van der Waals surface area (Å²) in [5.74, 6) is 0. The number of hydrogen-bond donors (Lipinski definition) is 1. The van der Waals surface area contributed by atoms with Crippen molar-refractivity contribution in [3.8, 4) is 0 Å². The molecule has 5 heteroatoms. The number of aryl methyl sites for hydroxylation is 3. The quantitative estimate of drug-likeness (QED) is 0.882. The number of nitrogens with zero attached hydrogens (tertiary/aromatic N) is 3. The second-order valence-electron chi connectivity index (χ2n) is 3.91. The smallest absolute Gasteiger partial charge is 0.0948 e. The Bertz CT molecular complexity index is 458. The maximum atomic E-state index is 5.86. The van der Waals surface area contributed by atoms with Gasteiger partial charge in [0.15, 0.2) is 0 Å². The van der Waals surface area contributed by atoms with Crippen molar-refractivity contribution in [2.24, 2.45) is 5.73 Å². The van der Waals surface area contributed by atoms with E-state index in [1.807, 2.05) is 26.4 Å². The monoisotopic (exact) mass is 236 g/mol. The first-order valence-corrected chi connectivity index (χ1v) is 6.21. The van der Waals surface area contributed by atoms with Crippen molar-refractivity contribution in [2.45, 2.75) is 32.9 Å². The van der Waals surface area contributed by atoms with Crippen molar-refractivity contribution in [2.75, 3.05) is 0 Å². The van der Waals surface area contributed by atoms with Crippen LogP contribution in [0.2, 0.25) is 0 Å². The van der Waals surface area contributed by atoms with Crippen LogP contribution >= 0.6 is 11.3 Å². The molecule has 0 spiro atoms. The molecule has 0 aliphatic heterocycles. The van der Waals surface area contributed by atoms with Crippen LogP contribution in [-0.2, 0) is 13.0 Å². The number of aromatic nitrogens is 3. The van der Waals surface area contributed by atoms with Crippen molar-refractivity contribution in [1.29, 1.82) is 0 Å². The first-order chi connectivity index (χ1) is 7.66. The minimum Gasteiger partial charge on any atom is -0.333 e. The van der Waals surface area contributed by atoms with Gasteiger partial charge in [-0.15, -0.1) is 11.3 Å². The van der Waals surface area contributed by atoms with Gasteiger partial charge in [0, 0.05) is 30.6 Å². The summed E-state index contributed by atoms with van der Waals surface area (Å²) in [6.07, 6.45) is 4.59. The van der Waals surface area contributed by atoms with Crippen molar-refractivity contribution in [3.63, 3.8) is 0 Å². The van der Waals surface area contributed by atoms with E-state index >= 15 is 0 Å². The second-order valence-corrected chi connectivity index (χ2v) is 4.97. The van der Waals surface area contributed by atoms with Gasteiger partial charge in [-0.2, -0.15) is 0 Å². The molecule has 0 aromatic carbocycles. The normalized spacial score (nSPS) is 12.9. The van der Waals surface area contributed by atoms with Gasteiger partial charge in [0.25, 0.3) is 0 Å². The zero-order valence-electron chi connectivity index (χ0n) is 9.55. The first-order valence-electron chi connectivity index (χ1n) is 5.33. The molecule has 0 bridgehead atoms. The number of imidazole rings is 1. The summed E-state index contributed by atoms with van der Waals surface area (Å²) in [7, 11) is 0. The van der Waals surface area contributed by atoms with Gasteiger partial charge in [-0.25, -0.2) is 9.97 Å². The molecule has 0 saturated carbocycles. The highest BCUT2D eigenvalue weighted by molar-refractivity contribution is 7.09. The second kappa shape index (κ2) is 4.76. The molecule has 2 rings (SSSR count). The molecule has 0 amide bonds. The molecule has 1 atom stereocenters. The maximum absolute atomic E-state index is 5.86. The van der Waals surface area contributed by atoms with E-state index < -0.39 is 0 Å². The minimum absolute atomic E-state index is 0.0275. The lowest BCUT2D eigenvalue weighted by molar-refractivity contribution is 0.619. The van der Waals surface area contributed by atoms with Gasteiger partial charge < -0.3 is 10.3 Å². The molecule has 2 aromatic rings. The van der Waals surface area contributed by atoms with Gasteiger partial charge in [0.2, 0.25) is 0 Å². The molecule has 0 fully saturated rings. The van der Waals surface area contributed by atoms with Gasteiger partial charge in [-0.05, 0) is 13.8 Å². The Morgan fingerprint density at radius 2 is 2.38 bits per heavy atom. The summed E-state index contributed by atoms with van der Waals surface area (Å²) >= 11 is 1.69. The summed E-state index contributed by atoms with van der Waals surface area (Å²) in [4.78, 5) is 8.56. The van der Waals surface area contributed by atoms with Gasteiger partial charge in [-0.3, -0.25) is 0 Å². The van der Waals surface area contributed by atoms with Gasteiger partial charge in [-0.1, -0.05) is 0 Å². The third kappa shape index (κ3) is 2.48. The van der Waals surface area contributed by atoms with E-state index in [0.29, 0.717) is 0 Å². The topological polar surface area (TPSA) is 56.7 Å². The summed E-state index contributed by atoms with van der Waals surface area (Å²) in [6, 6.07) is 0.0275. The van der Waals surface area contributed by atoms with Crippen LogP contribution < -0.4 is 5.73 Å². The molecule has 2 N–H and O–H groups in total. The SMILES string of the molecule is Cc1nc(CCn2cncc2[C@@H](C)N)cs1. The highest BCUT2D eigenvalue weighted by Gasteiger charge is 2.07. The van der Waals surface area contributed by atoms with Crippen LogP contribution in [0.5, 0.6) is 0 Å². The van der Waals surface area contributed by atoms with E-state index in [4.69, 9.17) is 5.73 Å². The maximum Gasteiger partial charge on any atom is 0.0948 e. The molecule has 0 radical (unpaired) electrons.